The van der Waals surface area contributed by atoms with Crippen molar-refractivity contribution in [3.8, 4) is 0 Å². The lowest BCUT2D eigenvalue weighted by molar-refractivity contribution is -0.138. The molecule has 2 aromatic carbocycles. The number of halogens is 2. The minimum atomic E-state index is -4.01. The van der Waals surface area contributed by atoms with Crippen molar-refractivity contribution in [3.05, 3.63) is 65.7 Å². The van der Waals surface area contributed by atoms with Crippen molar-refractivity contribution in [2.75, 3.05) is 30.2 Å². The van der Waals surface area contributed by atoms with E-state index in [4.69, 9.17) is 0 Å². The zero-order valence-corrected chi connectivity index (χ0v) is 19.7. The third kappa shape index (κ3) is 7.52. The summed E-state index contributed by atoms with van der Waals surface area (Å²) in [5.74, 6) is -3.37. The Morgan fingerprint density at radius 3 is 2.30 bits per heavy atom. The fraction of sp³-hybridized carbons (Fsp3) is 0.391. The predicted molar refractivity (Wildman–Crippen MR) is 123 cm³/mol. The monoisotopic (exact) mass is 481 g/mol. The van der Waals surface area contributed by atoms with Crippen molar-refractivity contribution in [1.29, 1.82) is 0 Å². The highest BCUT2D eigenvalue weighted by molar-refractivity contribution is 7.92. The molecule has 7 nitrogen and oxygen atoms in total. The normalized spacial score (nSPS) is 12.2. The highest BCUT2D eigenvalue weighted by atomic mass is 32.2. The van der Waals surface area contributed by atoms with E-state index in [0.29, 0.717) is 23.7 Å². The second-order valence-electron chi connectivity index (χ2n) is 7.66. The molecule has 2 rings (SSSR count). The summed E-state index contributed by atoms with van der Waals surface area (Å²) in [6.45, 7) is 3.41. The molecule has 33 heavy (non-hydrogen) atoms. The maximum absolute atomic E-state index is 13.7. The van der Waals surface area contributed by atoms with Crippen LogP contribution in [0.25, 0.3) is 0 Å². The molecule has 0 saturated carbocycles. The molecule has 0 aliphatic rings. The number of nitrogens with one attached hydrogen (secondary N) is 1. The molecule has 0 unspecified atom stereocenters. The van der Waals surface area contributed by atoms with Gasteiger partial charge in [-0.05, 0) is 37.5 Å². The Bertz CT molecular complexity index is 1060. The molecule has 180 valence electrons. The summed E-state index contributed by atoms with van der Waals surface area (Å²) in [4.78, 5) is 27.1. The van der Waals surface area contributed by atoms with E-state index in [1.807, 2.05) is 37.3 Å². The molecule has 10 heteroatoms. The summed E-state index contributed by atoms with van der Waals surface area (Å²) >= 11 is 0. The first kappa shape index (κ1) is 26.2. The van der Waals surface area contributed by atoms with Crippen LogP contribution in [0.1, 0.15) is 25.8 Å². The van der Waals surface area contributed by atoms with Crippen LogP contribution >= 0.6 is 0 Å². The Labute approximate surface area is 193 Å². The van der Waals surface area contributed by atoms with Crippen LogP contribution < -0.4 is 9.62 Å². The molecule has 1 N–H and O–H groups in total. The summed E-state index contributed by atoms with van der Waals surface area (Å²) in [6, 6.07) is 11.1. The van der Waals surface area contributed by atoms with Crippen LogP contribution in [0.2, 0.25) is 0 Å². The second kappa shape index (κ2) is 11.7. The van der Waals surface area contributed by atoms with Gasteiger partial charge in [0.1, 0.15) is 12.6 Å². The number of amides is 2. The number of carbonyl (C=O) groups excluding carboxylic acids is 2. The van der Waals surface area contributed by atoms with Crippen LogP contribution in [-0.2, 0) is 26.0 Å². The fourth-order valence-electron chi connectivity index (χ4n) is 3.22. The summed E-state index contributed by atoms with van der Waals surface area (Å²) in [7, 11) is -4.01. The van der Waals surface area contributed by atoms with E-state index in [1.165, 1.54) is 4.90 Å². The van der Waals surface area contributed by atoms with Crippen molar-refractivity contribution in [2.45, 2.75) is 32.7 Å². The number of sulfonamides is 1. The van der Waals surface area contributed by atoms with Gasteiger partial charge in [0.25, 0.3) is 0 Å². The quantitative estimate of drug-likeness (QED) is 0.535. The van der Waals surface area contributed by atoms with Gasteiger partial charge in [-0.1, -0.05) is 37.3 Å². The lowest BCUT2D eigenvalue weighted by atomic mass is 10.1. The van der Waals surface area contributed by atoms with E-state index in [9.17, 15) is 26.8 Å². The van der Waals surface area contributed by atoms with Gasteiger partial charge in [-0.3, -0.25) is 13.9 Å². The Hall–Kier alpha value is -3.01. The van der Waals surface area contributed by atoms with Crippen LogP contribution in [0, 0.1) is 11.6 Å². The third-order valence-corrected chi connectivity index (χ3v) is 6.21. The first-order valence-electron chi connectivity index (χ1n) is 10.6. The molecule has 0 bridgehead atoms. The molecule has 0 saturated heterocycles. The number of hydrogen-bond donors (Lipinski definition) is 1. The Kier molecular flexibility index (Phi) is 9.33. The first-order valence-corrected chi connectivity index (χ1v) is 12.4. The van der Waals surface area contributed by atoms with Crippen LogP contribution in [-0.4, -0.2) is 57.1 Å². The van der Waals surface area contributed by atoms with Crippen molar-refractivity contribution in [1.82, 2.24) is 10.2 Å². The molecule has 0 spiro atoms. The summed E-state index contributed by atoms with van der Waals surface area (Å²) in [6.07, 6.45) is 2.03. The standard InChI is InChI=1S/C23H29F2N3O4S/c1-4-13-26-23(30)17(2)27(14-12-18-8-6-5-7-9-18)22(29)16-28(33(3,31)32)19-10-11-20(24)21(25)15-19/h5-11,15,17H,4,12-14,16H2,1-3H3,(H,26,30)/t17-/m0/s1. The summed E-state index contributed by atoms with van der Waals surface area (Å²) < 4.78 is 52.5. The Morgan fingerprint density at radius 2 is 1.73 bits per heavy atom. The SMILES string of the molecule is CCCNC(=O)[C@H](C)N(CCc1ccccc1)C(=O)CN(c1ccc(F)c(F)c1)S(C)(=O)=O. The molecule has 0 aromatic heterocycles. The van der Waals surface area contributed by atoms with Crippen molar-refractivity contribution in [2.24, 2.45) is 0 Å². The van der Waals surface area contributed by atoms with Crippen molar-refractivity contribution < 1.29 is 26.8 Å². The van der Waals surface area contributed by atoms with E-state index in [2.05, 4.69) is 5.32 Å². The van der Waals surface area contributed by atoms with Crippen LogP contribution in [0.15, 0.2) is 48.5 Å². The van der Waals surface area contributed by atoms with Gasteiger partial charge in [-0.25, -0.2) is 17.2 Å². The summed E-state index contributed by atoms with van der Waals surface area (Å²) in [5.41, 5.74) is 0.757. The molecule has 0 aliphatic carbocycles. The van der Waals surface area contributed by atoms with Crippen LogP contribution in [0.5, 0.6) is 0 Å². The Morgan fingerprint density at radius 1 is 1.06 bits per heavy atom. The van der Waals surface area contributed by atoms with Crippen molar-refractivity contribution >= 4 is 27.5 Å². The maximum atomic E-state index is 13.7. The molecule has 2 aromatic rings. The number of nitrogens with zero attached hydrogens (tertiary/aromatic N) is 2. The largest absolute Gasteiger partial charge is 0.354 e. The number of hydrogen-bond acceptors (Lipinski definition) is 4. The molecule has 2 amide bonds. The van der Waals surface area contributed by atoms with E-state index >= 15 is 0 Å². The van der Waals surface area contributed by atoms with Gasteiger partial charge in [-0.15, -0.1) is 0 Å². The molecular formula is C23H29F2N3O4S. The highest BCUT2D eigenvalue weighted by Gasteiger charge is 2.30. The summed E-state index contributed by atoms with van der Waals surface area (Å²) in [5, 5.41) is 2.74. The van der Waals surface area contributed by atoms with Crippen molar-refractivity contribution in [3.63, 3.8) is 0 Å². The molecule has 0 aliphatic heterocycles. The zero-order valence-electron chi connectivity index (χ0n) is 18.9. The van der Waals surface area contributed by atoms with E-state index < -0.39 is 40.2 Å². The lowest BCUT2D eigenvalue weighted by Gasteiger charge is -2.31. The molecule has 0 fully saturated rings. The average molecular weight is 482 g/mol. The number of rotatable bonds is 11. The third-order valence-electron chi connectivity index (χ3n) is 5.07. The van der Waals surface area contributed by atoms with Gasteiger partial charge < -0.3 is 10.2 Å². The van der Waals surface area contributed by atoms with Gasteiger partial charge >= 0.3 is 0 Å². The van der Waals surface area contributed by atoms with Crippen LogP contribution in [0.3, 0.4) is 0 Å². The highest BCUT2D eigenvalue weighted by Crippen LogP contribution is 2.21. The Balaban J connectivity index is 2.31. The van der Waals surface area contributed by atoms with Gasteiger partial charge in [0, 0.05) is 19.2 Å². The minimum Gasteiger partial charge on any atom is -0.354 e. The lowest BCUT2D eigenvalue weighted by Crippen LogP contribution is -2.52. The van der Waals surface area contributed by atoms with E-state index in [0.717, 1.165) is 30.0 Å². The number of carbonyl (C=O) groups is 2. The number of benzene rings is 2. The van der Waals surface area contributed by atoms with Gasteiger partial charge in [0.2, 0.25) is 21.8 Å². The number of anilines is 1. The zero-order chi connectivity index (χ0) is 24.6. The van der Waals surface area contributed by atoms with Gasteiger partial charge in [0.15, 0.2) is 11.6 Å². The first-order chi connectivity index (χ1) is 15.5. The molecule has 0 heterocycles. The van der Waals surface area contributed by atoms with E-state index in [1.54, 1.807) is 6.92 Å². The maximum Gasteiger partial charge on any atom is 0.244 e. The molecule has 1 atom stereocenters. The minimum absolute atomic E-state index is 0.166. The van der Waals surface area contributed by atoms with Gasteiger partial charge in [0.05, 0.1) is 11.9 Å². The topological polar surface area (TPSA) is 86.8 Å². The smallest absolute Gasteiger partial charge is 0.244 e. The van der Waals surface area contributed by atoms with Crippen LogP contribution in [0.4, 0.5) is 14.5 Å². The predicted octanol–water partition coefficient (Wildman–Crippen LogP) is 2.72. The van der Waals surface area contributed by atoms with E-state index in [-0.39, 0.29) is 18.1 Å². The average Bonchev–Trinajstić information content (AvgIpc) is 2.77. The second-order valence-corrected chi connectivity index (χ2v) is 9.56. The molecular weight excluding hydrogens is 452 g/mol. The van der Waals surface area contributed by atoms with Gasteiger partial charge in [-0.2, -0.15) is 0 Å². The molecule has 0 radical (unpaired) electrons. The fourth-order valence-corrected chi connectivity index (χ4v) is 4.06.